The molecule has 178 valence electrons. The van der Waals surface area contributed by atoms with Gasteiger partial charge in [0.25, 0.3) is 0 Å². The van der Waals surface area contributed by atoms with Crippen LogP contribution in [0.15, 0.2) is 0 Å². The molecule has 2 fully saturated rings. The third-order valence-corrected chi connectivity index (χ3v) is 4.83. The molecule has 0 saturated carbocycles. The molecule has 0 aromatic rings. The molecule has 11 nitrogen and oxygen atoms in total. The number of aliphatic hydroxyl groups excluding tert-OH is 6. The van der Waals surface area contributed by atoms with E-state index in [0.29, 0.717) is 0 Å². The molecule has 0 radical (unpaired) electrons. The standard InChI is InChI=1S/C19H36O11/c1-8(2)26-6-9-11(20)13(22)15(24)17(28-9)27-7-10-12(21)14(23)16(25)18(29-10)30-19(3,4)5/h8-18,20-25H,6-7H2,1-5H3. The van der Waals surface area contributed by atoms with Gasteiger partial charge in [-0.3, -0.25) is 0 Å². The second-order valence-corrected chi connectivity index (χ2v) is 8.98. The molecule has 2 aliphatic heterocycles. The minimum Gasteiger partial charge on any atom is -0.387 e. The van der Waals surface area contributed by atoms with Gasteiger partial charge in [-0.25, -0.2) is 0 Å². The fraction of sp³-hybridized carbons (Fsp3) is 1.00. The third-order valence-electron chi connectivity index (χ3n) is 4.83. The first-order valence-electron chi connectivity index (χ1n) is 10.1. The van der Waals surface area contributed by atoms with Crippen LogP contribution < -0.4 is 0 Å². The molecule has 0 aliphatic carbocycles. The van der Waals surface area contributed by atoms with Crippen molar-refractivity contribution in [3.63, 3.8) is 0 Å². The Hall–Kier alpha value is -0.440. The van der Waals surface area contributed by atoms with Gasteiger partial charge in [0.1, 0.15) is 48.8 Å². The van der Waals surface area contributed by atoms with Crippen LogP contribution >= 0.6 is 0 Å². The summed E-state index contributed by atoms with van der Waals surface area (Å²) in [4.78, 5) is 0. The molecular formula is C19H36O11. The summed E-state index contributed by atoms with van der Waals surface area (Å²) in [6, 6.07) is 0. The molecule has 2 rings (SSSR count). The van der Waals surface area contributed by atoms with E-state index in [0.717, 1.165) is 0 Å². The van der Waals surface area contributed by atoms with E-state index in [2.05, 4.69) is 0 Å². The quantitative estimate of drug-likeness (QED) is 0.256. The number of aliphatic hydroxyl groups is 6. The molecular weight excluding hydrogens is 404 g/mol. The highest BCUT2D eigenvalue weighted by Gasteiger charge is 2.48. The lowest BCUT2D eigenvalue weighted by Gasteiger charge is -2.44. The van der Waals surface area contributed by atoms with Crippen molar-refractivity contribution in [3.8, 4) is 0 Å². The van der Waals surface area contributed by atoms with Crippen LogP contribution in [0, 0.1) is 0 Å². The summed E-state index contributed by atoms with van der Waals surface area (Å²) in [5.41, 5.74) is -0.689. The molecule has 0 spiro atoms. The Kier molecular flexibility index (Phi) is 8.99. The summed E-state index contributed by atoms with van der Waals surface area (Å²) in [6.45, 7) is 8.44. The number of hydrogen-bond acceptors (Lipinski definition) is 11. The lowest BCUT2D eigenvalue weighted by Crippen LogP contribution is -2.62. The number of ether oxygens (including phenoxy) is 5. The lowest BCUT2D eigenvalue weighted by atomic mass is 9.98. The van der Waals surface area contributed by atoms with E-state index in [1.165, 1.54) is 0 Å². The summed E-state index contributed by atoms with van der Waals surface area (Å²) < 4.78 is 27.6. The van der Waals surface area contributed by atoms with E-state index in [1.54, 1.807) is 34.6 Å². The second-order valence-electron chi connectivity index (χ2n) is 8.98. The maximum atomic E-state index is 10.2. The van der Waals surface area contributed by atoms with Crippen molar-refractivity contribution >= 4 is 0 Å². The monoisotopic (exact) mass is 440 g/mol. The Labute approximate surface area is 176 Å². The SMILES string of the molecule is CC(C)OCC1OC(OCC2OC(OC(C)(C)C)C(O)C(O)C2O)C(O)C(O)C1O. The third kappa shape index (κ3) is 6.53. The first-order valence-corrected chi connectivity index (χ1v) is 10.1. The van der Waals surface area contributed by atoms with Gasteiger partial charge in [-0.15, -0.1) is 0 Å². The Bertz CT molecular complexity index is 525. The zero-order chi connectivity index (χ0) is 22.8. The maximum Gasteiger partial charge on any atom is 0.187 e. The van der Waals surface area contributed by atoms with Gasteiger partial charge in [-0.05, 0) is 34.6 Å². The van der Waals surface area contributed by atoms with Crippen molar-refractivity contribution < 1.29 is 54.3 Å². The van der Waals surface area contributed by atoms with Crippen molar-refractivity contribution in [3.05, 3.63) is 0 Å². The van der Waals surface area contributed by atoms with Crippen LogP contribution in [0.5, 0.6) is 0 Å². The summed E-state index contributed by atoms with van der Waals surface area (Å²) in [6.07, 6.45) is -13.7. The molecule has 2 aliphatic rings. The van der Waals surface area contributed by atoms with Gasteiger partial charge < -0.3 is 54.3 Å². The molecule has 6 N–H and O–H groups in total. The molecule has 0 bridgehead atoms. The second kappa shape index (κ2) is 10.5. The van der Waals surface area contributed by atoms with Crippen molar-refractivity contribution in [1.82, 2.24) is 0 Å². The average Bonchev–Trinajstić information content (AvgIpc) is 2.65. The summed E-state index contributed by atoms with van der Waals surface area (Å²) in [7, 11) is 0. The molecule has 0 aromatic carbocycles. The predicted molar refractivity (Wildman–Crippen MR) is 101 cm³/mol. The van der Waals surface area contributed by atoms with Crippen molar-refractivity contribution in [2.24, 2.45) is 0 Å². The van der Waals surface area contributed by atoms with E-state index in [4.69, 9.17) is 23.7 Å². The van der Waals surface area contributed by atoms with E-state index in [1.807, 2.05) is 0 Å². The predicted octanol–water partition coefficient (Wildman–Crippen LogP) is -2.14. The minimum atomic E-state index is -1.56. The van der Waals surface area contributed by atoms with Crippen LogP contribution in [0.2, 0.25) is 0 Å². The first kappa shape index (κ1) is 25.8. The molecule has 30 heavy (non-hydrogen) atoms. The van der Waals surface area contributed by atoms with Crippen LogP contribution in [-0.2, 0) is 23.7 Å². The number of hydrogen-bond donors (Lipinski definition) is 6. The van der Waals surface area contributed by atoms with Gasteiger partial charge >= 0.3 is 0 Å². The van der Waals surface area contributed by atoms with Crippen molar-refractivity contribution in [2.75, 3.05) is 13.2 Å². The largest absolute Gasteiger partial charge is 0.387 e. The van der Waals surface area contributed by atoms with Gasteiger partial charge in [-0.2, -0.15) is 0 Å². The average molecular weight is 440 g/mol. The topological polar surface area (TPSA) is 168 Å². The van der Waals surface area contributed by atoms with Crippen molar-refractivity contribution in [1.29, 1.82) is 0 Å². The summed E-state index contributed by atoms with van der Waals surface area (Å²) in [5.74, 6) is 0. The lowest BCUT2D eigenvalue weighted by molar-refractivity contribution is -0.341. The maximum absolute atomic E-state index is 10.2. The molecule has 0 aromatic heterocycles. The van der Waals surface area contributed by atoms with Crippen LogP contribution in [0.3, 0.4) is 0 Å². The fourth-order valence-electron chi connectivity index (χ4n) is 3.17. The molecule has 2 saturated heterocycles. The highest BCUT2D eigenvalue weighted by atomic mass is 16.7. The highest BCUT2D eigenvalue weighted by molar-refractivity contribution is 4.92. The highest BCUT2D eigenvalue weighted by Crippen LogP contribution is 2.28. The van der Waals surface area contributed by atoms with Gasteiger partial charge in [0.2, 0.25) is 0 Å². The first-order chi connectivity index (χ1) is 13.8. The van der Waals surface area contributed by atoms with Gasteiger partial charge in [0, 0.05) is 0 Å². The van der Waals surface area contributed by atoms with Crippen LogP contribution in [0.1, 0.15) is 34.6 Å². The Balaban J connectivity index is 2.00. The Morgan fingerprint density at radius 1 is 0.700 bits per heavy atom. The Morgan fingerprint density at radius 3 is 1.67 bits per heavy atom. The molecule has 0 amide bonds. The zero-order valence-corrected chi connectivity index (χ0v) is 18.0. The smallest absolute Gasteiger partial charge is 0.187 e. The van der Waals surface area contributed by atoms with E-state index in [-0.39, 0.29) is 19.3 Å². The molecule has 10 unspecified atom stereocenters. The minimum absolute atomic E-state index is 0.0303. The fourth-order valence-corrected chi connectivity index (χ4v) is 3.17. The molecule has 10 atom stereocenters. The summed E-state index contributed by atoms with van der Waals surface area (Å²) in [5, 5.41) is 60.8. The van der Waals surface area contributed by atoms with Gasteiger partial charge in [0.05, 0.1) is 24.9 Å². The molecule has 11 heteroatoms. The van der Waals surface area contributed by atoms with Crippen LogP contribution in [-0.4, -0.2) is 117 Å². The van der Waals surface area contributed by atoms with E-state index in [9.17, 15) is 30.6 Å². The van der Waals surface area contributed by atoms with Crippen LogP contribution in [0.25, 0.3) is 0 Å². The van der Waals surface area contributed by atoms with E-state index < -0.39 is 67.0 Å². The van der Waals surface area contributed by atoms with Gasteiger partial charge in [0.15, 0.2) is 12.6 Å². The zero-order valence-electron chi connectivity index (χ0n) is 18.0. The Morgan fingerprint density at radius 2 is 1.17 bits per heavy atom. The normalized spacial score (nSPS) is 43.2. The molecule has 2 heterocycles. The van der Waals surface area contributed by atoms with E-state index >= 15 is 0 Å². The summed E-state index contributed by atoms with van der Waals surface area (Å²) >= 11 is 0. The van der Waals surface area contributed by atoms with Crippen LogP contribution in [0.4, 0.5) is 0 Å². The van der Waals surface area contributed by atoms with Crippen molar-refractivity contribution in [2.45, 2.75) is 108 Å². The number of rotatable bonds is 7. The van der Waals surface area contributed by atoms with Gasteiger partial charge in [-0.1, -0.05) is 0 Å².